The summed E-state index contributed by atoms with van der Waals surface area (Å²) < 4.78 is 5.15. The van der Waals surface area contributed by atoms with Gasteiger partial charge in [-0.25, -0.2) is 4.79 Å². The van der Waals surface area contributed by atoms with Gasteiger partial charge in [0.15, 0.2) is 0 Å². The number of carboxylic acids is 1. The molecular weight excluding hydrogens is 144 g/mol. The summed E-state index contributed by atoms with van der Waals surface area (Å²) in [5.74, 6) is -0.865. The summed E-state index contributed by atoms with van der Waals surface area (Å²) in [7, 11) is 0. The van der Waals surface area contributed by atoms with Crippen molar-refractivity contribution < 1.29 is 14.6 Å². The van der Waals surface area contributed by atoms with Gasteiger partial charge in [0.2, 0.25) is 0 Å². The van der Waals surface area contributed by atoms with E-state index in [2.05, 4.69) is 0 Å². The molecule has 3 nitrogen and oxygen atoms in total. The quantitative estimate of drug-likeness (QED) is 0.493. The van der Waals surface area contributed by atoms with E-state index in [9.17, 15) is 4.79 Å². The van der Waals surface area contributed by atoms with Crippen LogP contribution in [0.25, 0.3) is 0 Å². The van der Waals surface area contributed by atoms with Gasteiger partial charge in [0.05, 0.1) is 6.10 Å². The molecule has 0 aromatic heterocycles. The lowest BCUT2D eigenvalue weighted by atomic mass is 10.2. The number of carboxylic acid groups (broad SMARTS) is 1. The second kappa shape index (κ2) is 3.05. The highest BCUT2D eigenvalue weighted by Crippen LogP contribution is 2.26. The van der Waals surface area contributed by atoms with Crippen molar-refractivity contribution in [1.82, 2.24) is 0 Å². The molecule has 2 unspecified atom stereocenters. The van der Waals surface area contributed by atoms with Gasteiger partial charge < -0.3 is 9.84 Å². The van der Waals surface area contributed by atoms with Gasteiger partial charge in [0.1, 0.15) is 6.10 Å². The first-order valence-electron chi connectivity index (χ1n) is 3.72. The van der Waals surface area contributed by atoms with E-state index in [1.165, 1.54) is 0 Å². The molecule has 3 heteroatoms. The van der Waals surface area contributed by atoms with Crippen molar-refractivity contribution in [3.8, 4) is 0 Å². The molecular formula is C8H12O3. The normalized spacial score (nSPS) is 30.2. The van der Waals surface area contributed by atoms with Crippen molar-refractivity contribution in [2.75, 3.05) is 0 Å². The maximum Gasteiger partial charge on any atom is 0.331 e. The van der Waals surface area contributed by atoms with E-state index in [0.717, 1.165) is 6.42 Å². The van der Waals surface area contributed by atoms with Crippen LogP contribution in [-0.4, -0.2) is 23.3 Å². The molecule has 0 bridgehead atoms. The van der Waals surface area contributed by atoms with Crippen LogP contribution in [0, 0.1) is 0 Å². The third-order valence-corrected chi connectivity index (χ3v) is 1.78. The van der Waals surface area contributed by atoms with E-state index >= 15 is 0 Å². The van der Waals surface area contributed by atoms with Crippen LogP contribution < -0.4 is 0 Å². The van der Waals surface area contributed by atoms with E-state index < -0.39 is 5.97 Å². The summed E-state index contributed by atoms with van der Waals surface area (Å²) in [5.41, 5.74) is 0.367. The molecule has 0 aliphatic carbocycles. The first kappa shape index (κ1) is 8.27. The van der Waals surface area contributed by atoms with Gasteiger partial charge >= 0.3 is 5.97 Å². The second-order valence-electron chi connectivity index (χ2n) is 2.70. The summed E-state index contributed by atoms with van der Waals surface area (Å²) in [4.78, 5) is 10.3. The Morgan fingerprint density at radius 2 is 2.36 bits per heavy atom. The topological polar surface area (TPSA) is 49.8 Å². The van der Waals surface area contributed by atoms with Gasteiger partial charge in [-0.15, -0.1) is 0 Å². The Hall–Kier alpha value is -0.830. The zero-order valence-corrected chi connectivity index (χ0v) is 6.70. The molecule has 0 spiro atoms. The molecule has 1 heterocycles. The molecule has 11 heavy (non-hydrogen) atoms. The lowest BCUT2D eigenvalue weighted by molar-refractivity contribution is -0.132. The molecule has 2 atom stereocenters. The summed E-state index contributed by atoms with van der Waals surface area (Å²) in [6, 6.07) is 0. The first-order valence-corrected chi connectivity index (χ1v) is 3.72. The largest absolute Gasteiger partial charge is 0.478 e. The molecule has 1 saturated heterocycles. The average Bonchev–Trinajstić information content (AvgIpc) is 2.67. The monoisotopic (exact) mass is 156 g/mol. The summed E-state index contributed by atoms with van der Waals surface area (Å²) in [5, 5.41) is 8.49. The standard InChI is InChI=1S/C8H12O3/c1-3-6-7(11-6)4-5(2)8(9)10/h4,6-7H,3H2,1-2H3,(H,9,10). The average molecular weight is 156 g/mol. The van der Waals surface area contributed by atoms with E-state index in [-0.39, 0.29) is 12.2 Å². The number of ether oxygens (including phenoxy) is 1. The molecule has 0 amide bonds. The Morgan fingerprint density at radius 1 is 1.73 bits per heavy atom. The van der Waals surface area contributed by atoms with Gasteiger partial charge in [-0.3, -0.25) is 0 Å². The van der Waals surface area contributed by atoms with Crippen LogP contribution in [-0.2, 0) is 9.53 Å². The minimum Gasteiger partial charge on any atom is -0.478 e. The van der Waals surface area contributed by atoms with Gasteiger partial charge in [-0.1, -0.05) is 6.92 Å². The third kappa shape index (κ3) is 2.05. The maximum atomic E-state index is 10.3. The smallest absolute Gasteiger partial charge is 0.331 e. The highest BCUT2D eigenvalue weighted by atomic mass is 16.6. The SMILES string of the molecule is CCC1OC1C=C(C)C(=O)O. The Morgan fingerprint density at radius 3 is 2.73 bits per heavy atom. The predicted octanol–water partition coefficient (Wildman–Crippen LogP) is 1.19. The molecule has 0 aromatic rings. The summed E-state index contributed by atoms with van der Waals surface area (Å²) >= 11 is 0. The second-order valence-corrected chi connectivity index (χ2v) is 2.70. The van der Waals surface area contributed by atoms with Crippen LogP contribution in [0.3, 0.4) is 0 Å². The van der Waals surface area contributed by atoms with Crippen molar-refractivity contribution in [1.29, 1.82) is 0 Å². The van der Waals surface area contributed by atoms with Crippen LogP contribution in [0.2, 0.25) is 0 Å². The molecule has 1 rings (SSSR count). The minimum absolute atomic E-state index is 0.0519. The number of aliphatic carboxylic acids is 1. The highest BCUT2D eigenvalue weighted by Gasteiger charge is 2.35. The van der Waals surface area contributed by atoms with Gasteiger partial charge in [-0.2, -0.15) is 0 Å². The van der Waals surface area contributed by atoms with Crippen molar-refractivity contribution in [3.05, 3.63) is 11.6 Å². The Labute approximate surface area is 65.7 Å². The Kier molecular flexibility index (Phi) is 2.29. The van der Waals surface area contributed by atoms with Gasteiger partial charge in [0.25, 0.3) is 0 Å². The predicted molar refractivity (Wildman–Crippen MR) is 40.3 cm³/mol. The van der Waals surface area contributed by atoms with Crippen molar-refractivity contribution in [3.63, 3.8) is 0 Å². The lowest BCUT2D eigenvalue weighted by Crippen LogP contribution is -1.98. The molecule has 1 fully saturated rings. The van der Waals surface area contributed by atoms with E-state index in [4.69, 9.17) is 9.84 Å². The fourth-order valence-electron chi connectivity index (χ4n) is 0.949. The van der Waals surface area contributed by atoms with Crippen molar-refractivity contribution in [2.45, 2.75) is 32.5 Å². The number of carbonyl (C=O) groups is 1. The number of epoxide rings is 1. The molecule has 0 radical (unpaired) electrons. The number of hydrogen-bond donors (Lipinski definition) is 1. The zero-order valence-electron chi connectivity index (χ0n) is 6.70. The third-order valence-electron chi connectivity index (χ3n) is 1.78. The molecule has 0 saturated carbocycles. The van der Waals surface area contributed by atoms with Gasteiger partial charge in [0, 0.05) is 5.57 Å². The first-order chi connectivity index (χ1) is 5.15. The number of rotatable bonds is 3. The summed E-state index contributed by atoms with van der Waals surface area (Å²) in [6.45, 7) is 3.60. The van der Waals surface area contributed by atoms with Crippen LogP contribution in [0.4, 0.5) is 0 Å². The zero-order chi connectivity index (χ0) is 8.43. The number of hydrogen-bond acceptors (Lipinski definition) is 2. The van der Waals surface area contributed by atoms with Crippen LogP contribution in [0.1, 0.15) is 20.3 Å². The van der Waals surface area contributed by atoms with Crippen molar-refractivity contribution >= 4 is 5.97 Å². The Bertz CT molecular complexity index is 196. The molecule has 0 aromatic carbocycles. The Balaban J connectivity index is 2.42. The van der Waals surface area contributed by atoms with Crippen LogP contribution >= 0.6 is 0 Å². The van der Waals surface area contributed by atoms with Gasteiger partial charge in [-0.05, 0) is 19.4 Å². The maximum absolute atomic E-state index is 10.3. The lowest BCUT2D eigenvalue weighted by Gasteiger charge is -1.88. The van der Waals surface area contributed by atoms with Crippen LogP contribution in [0.5, 0.6) is 0 Å². The highest BCUT2D eigenvalue weighted by molar-refractivity contribution is 5.85. The van der Waals surface area contributed by atoms with E-state index in [1.54, 1.807) is 13.0 Å². The van der Waals surface area contributed by atoms with Crippen molar-refractivity contribution in [2.24, 2.45) is 0 Å². The molecule has 62 valence electrons. The minimum atomic E-state index is -0.865. The fraction of sp³-hybridized carbons (Fsp3) is 0.625. The molecule has 1 aliphatic rings. The molecule has 1 N–H and O–H groups in total. The fourth-order valence-corrected chi connectivity index (χ4v) is 0.949. The molecule has 1 aliphatic heterocycles. The van der Waals surface area contributed by atoms with Crippen LogP contribution in [0.15, 0.2) is 11.6 Å². The summed E-state index contributed by atoms with van der Waals surface area (Å²) in [6.07, 6.45) is 2.92. The van der Waals surface area contributed by atoms with E-state index in [1.807, 2.05) is 6.92 Å². The van der Waals surface area contributed by atoms with E-state index in [0.29, 0.717) is 5.57 Å².